The van der Waals surface area contributed by atoms with Crippen molar-refractivity contribution in [3.8, 4) is 5.75 Å². The molecule has 0 radical (unpaired) electrons. The Labute approximate surface area is 152 Å². The fraction of sp³-hybridized carbons (Fsp3) is 0.0667. The van der Waals surface area contributed by atoms with Crippen LogP contribution in [0.25, 0.3) is 10.2 Å². The largest absolute Gasteiger partial charge is 0.506 e. The normalized spacial score (nSPS) is 12.8. The quantitative estimate of drug-likeness (QED) is 0.155. The van der Waals surface area contributed by atoms with Gasteiger partial charge in [0.2, 0.25) is 5.13 Å². The molecule has 0 aliphatic rings. The van der Waals surface area contributed by atoms with Gasteiger partial charge in [-0.25, -0.2) is 4.98 Å². The lowest BCUT2D eigenvalue weighted by Crippen LogP contribution is -2.00. The molecule has 0 unspecified atom stereocenters. The van der Waals surface area contributed by atoms with Gasteiger partial charge in [0, 0.05) is 0 Å². The first kappa shape index (κ1) is 17.9. The minimum absolute atomic E-state index is 0.00494. The molecule has 3 N–H and O–H groups in total. The number of anilines is 1. The predicted octanol–water partition coefficient (Wildman–Crippen LogP) is 3.78. The molecule has 3 rings (SSSR count). The average Bonchev–Trinajstić information content (AvgIpc) is 3.01. The number of thiazole rings is 1. The number of amidine groups is 1. The van der Waals surface area contributed by atoms with E-state index in [-0.39, 0.29) is 22.2 Å². The number of hydrazone groups is 1. The molecule has 0 fully saturated rings. The van der Waals surface area contributed by atoms with Gasteiger partial charge in [0.1, 0.15) is 5.75 Å². The standard InChI is InChI=1S/C15H13N5O4S2/c1-9(18-20-15-16-11-4-2-3-5-14(11)25-15)17-19-12-8-10(26(22,23)24)6-7-13(12)21/h2-8,19,21H,1H3,(H,22,23,24)/b17-9+,20-18?. The van der Waals surface area contributed by atoms with Crippen LogP contribution in [-0.2, 0) is 10.1 Å². The molecule has 2 aromatic carbocycles. The first-order valence-electron chi connectivity index (χ1n) is 7.21. The maximum absolute atomic E-state index is 11.1. The number of benzene rings is 2. The van der Waals surface area contributed by atoms with Gasteiger partial charge in [0.25, 0.3) is 10.1 Å². The number of rotatable bonds is 4. The highest BCUT2D eigenvalue weighted by atomic mass is 32.2. The van der Waals surface area contributed by atoms with Gasteiger partial charge in [0.15, 0.2) is 5.84 Å². The lowest BCUT2D eigenvalue weighted by atomic mass is 10.3. The number of aromatic nitrogens is 1. The summed E-state index contributed by atoms with van der Waals surface area (Å²) >= 11 is 1.38. The third kappa shape index (κ3) is 4.20. The second-order valence-electron chi connectivity index (χ2n) is 5.09. The fourth-order valence-electron chi connectivity index (χ4n) is 1.95. The van der Waals surface area contributed by atoms with E-state index in [1.165, 1.54) is 11.3 Å². The molecule has 0 aliphatic carbocycles. The number of hydrogen-bond acceptors (Lipinski definition) is 8. The van der Waals surface area contributed by atoms with Gasteiger partial charge in [-0.3, -0.25) is 9.98 Å². The lowest BCUT2D eigenvalue weighted by Gasteiger charge is -2.05. The zero-order valence-corrected chi connectivity index (χ0v) is 15.0. The van der Waals surface area contributed by atoms with Crippen LogP contribution in [0.15, 0.2) is 62.7 Å². The summed E-state index contributed by atoms with van der Waals surface area (Å²) in [7, 11) is -4.39. The van der Waals surface area contributed by atoms with Crippen LogP contribution in [0.2, 0.25) is 0 Å². The summed E-state index contributed by atoms with van der Waals surface area (Å²) in [6.45, 7) is 1.56. The first-order valence-corrected chi connectivity index (χ1v) is 9.47. The summed E-state index contributed by atoms with van der Waals surface area (Å²) in [6.07, 6.45) is 0. The Morgan fingerprint density at radius 1 is 1.23 bits per heavy atom. The molecule has 134 valence electrons. The molecule has 0 bridgehead atoms. The SMILES string of the molecule is C/C(N=Nc1nc2ccccc2s1)=N\Nc1cc(S(=O)(=O)O)ccc1O. The summed E-state index contributed by atoms with van der Waals surface area (Å²) in [5, 5.41) is 22.0. The van der Waals surface area contributed by atoms with Gasteiger partial charge in [-0.2, -0.15) is 13.5 Å². The van der Waals surface area contributed by atoms with E-state index in [0.29, 0.717) is 5.13 Å². The minimum Gasteiger partial charge on any atom is -0.506 e. The second-order valence-corrected chi connectivity index (χ2v) is 7.52. The monoisotopic (exact) mass is 391 g/mol. The maximum Gasteiger partial charge on any atom is 0.294 e. The van der Waals surface area contributed by atoms with Crippen molar-refractivity contribution in [1.29, 1.82) is 0 Å². The van der Waals surface area contributed by atoms with Gasteiger partial charge in [-0.1, -0.05) is 23.5 Å². The highest BCUT2D eigenvalue weighted by Crippen LogP contribution is 2.28. The molecular formula is C15H13N5O4S2. The van der Waals surface area contributed by atoms with Crippen molar-refractivity contribution in [2.75, 3.05) is 5.43 Å². The van der Waals surface area contributed by atoms with E-state index in [1.54, 1.807) is 6.92 Å². The molecule has 11 heteroatoms. The van der Waals surface area contributed by atoms with Crippen LogP contribution < -0.4 is 5.43 Å². The van der Waals surface area contributed by atoms with E-state index in [9.17, 15) is 13.5 Å². The van der Waals surface area contributed by atoms with Crippen molar-refractivity contribution in [2.24, 2.45) is 15.3 Å². The Morgan fingerprint density at radius 2 is 2.00 bits per heavy atom. The van der Waals surface area contributed by atoms with Crippen molar-refractivity contribution in [2.45, 2.75) is 11.8 Å². The number of hydrogen-bond donors (Lipinski definition) is 3. The van der Waals surface area contributed by atoms with Crippen molar-refractivity contribution in [1.82, 2.24) is 4.98 Å². The van der Waals surface area contributed by atoms with Gasteiger partial charge >= 0.3 is 0 Å². The summed E-state index contributed by atoms with van der Waals surface area (Å²) < 4.78 is 32.3. The van der Waals surface area contributed by atoms with Crippen LogP contribution in [-0.4, -0.2) is 28.9 Å². The second kappa shape index (κ2) is 7.15. The molecule has 0 saturated heterocycles. The number of nitrogens with one attached hydrogen (secondary N) is 1. The molecule has 0 spiro atoms. The number of azo groups is 1. The van der Waals surface area contributed by atoms with E-state index in [0.717, 1.165) is 28.4 Å². The highest BCUT2D eigenvalue weighted by molar-refractivity contribution is 7.85. The molecular weight excluding hydrogens is 378 g/mol. The molecule has 1 heterocycles. The van der Waals surface area contributed by atoms with Crippen LogP contribution >= 0.6 is 11.3 Å². The summed E-state index contributed by atoms with van der Waals surface area (Å²) in [5.74, 6) is -0.0158. The van der Waals surface area contributed by atoms with E-state index in [1.807, 2.05) is 24.3 Å². The number of phenolic OH excluding ortho intramolecular Hbond substituents is 1. The summed E-state index contributed by atoms with van der Waals surface area (Å²) in [6, 6.07) is 10.8. The Bertz CT molecular complexity index is 1090. The van der Waals surface area contributed by atoms with E-state index >= 15 is 0 Å². The zero-order chi connectivity index (χ0) is 18.7. The number of para-hydroxylation sites is 1. The fourth-order valence-corrected chi connectivity index (χ4v) is 3.24. The number of fused-ring (bicyclic) bond motifs is 1. The molecule has 1 aromatic heterocycles. The highest BCUT2D eigenvalue weighted by Gasteiger charge is 2.12. The van der Waals surface area contributed by atoms with Crippen LogP contribution in [0.1, 0.15) is 6.92 Å². The maximum atomic E-state index is 11.1. The predicted molar refractivity (Wildman–Crippen MR) is 98.8 cm³/mol. The van der Waals surface area contributed by atoms with Crippen LogP contribution in [0.3, 0.4) is 0 Å². The number of nitrogens with zero attached hydrogens (tertiary/aromatic N) is 4. The molecule has 0 aliphatic heterocycles. The first-order chi connectivity index (χ1) is 12.3. The van der Waals surface area contributed by atoms with Gasteiger partial charge in [0.05, 0.1) is 20.8 Å². The van der Waals surface area contributed by atoms with E-state index < -0.39 is 10.1 Å². The van der Waals surface area contributed by atoms with Gasteiger partial charge in [-0.15, -0.1) is 10.2 Å². The number of phenols is 1. The Kier molecular flexibility index (Phi) is 4.93. The summed E-state index contributed by atoms with van der Waals surface area (Å²) in [4.78, 5) is 3.93. The van der Waals surface area contributed by atoms with Crippen LogP contribution in [0.5, 0.6) is 5.75 Å². The Balaban J connectivity index is 1.76. The van der Waals surface area contributed by atoms with Crippen LogP contribution in [0, 0.1) is 0 Å². The van der Waals surface area contributed by atoms with Crippen molar-refractivity contribution < 1.29 is 18.1 Å². The zero-order valence-electron chi connectivity index (χ0n) is 13.4. The van der Waals surface area contributed by atoms with Crippen molar-refractivity contribution in [3.63, 3.8) is 0 Å². The molecule has 3 aromatic rings. The number of aromatic hydroxyl groups is 1. The van der Waals surface area contributed by atoms with Gasteiger partial charge < -0.3 is 5.11 Å². The third-order valence-corrected chi connectivity index (χ3v) is 4.94. The molecule has 0 amide bonds. The minimum atomic E-state index is -4.39. The van der Waals surface area contributed by atoms with Crippen molar-refractivity contribution in [3.05, 3.63) is 42.5 Å². The smallest absolute Gasteiger partial charge is 0.294 e. The average molecular weight is 391 g/mol. The molecule has 0 atom stereocenters. The van der Waals surface area contributed by atoms with Crippen molar-refractivity contribution >= 4 is 48.3 Å². The van der Waals surface area contributed by atoms with Gasteiger partial charge in [-0.05, 0) is 37.3 Å². The Hall–Kier alpha value is -2.89. The lowest BCUT2D eigenvalue weighted by molar-refractivity contribution is 0.474. The molecule has 9 nitrogen and oxygen atoms in total. The van der Waals surface area contributed by atoms with Crippen LogP contribution in [0.4, 0.5) is 10.8 Å². The molecule has 26 heavy (non-hydrogen) atoms. The third-order valence-electron chi connectivity index (χ3n) is 3.17. The summed E-state index contributed by atoms with van der Waals surface area (Å²) in [5.41, 5.74) is 3.30. The van der Waals surface area contributed by atoms with E-state index in [2.05, 4.69) is 25.7 Å². The topological polar surface area (TPSA) is 137 Å². The Morgan fingerprint density at radius 3 is 2.73 bits per heavy atom. The van der Waals surface area contributed by atoms with E-state index in [4.69, 9.17) is 4.55 Å². The molecule has 0 saturated carbocycles.